The van der Waals surface area contributed by atoms with E-state index in [-0.39, 0.29) is 97.4 Å². The highest BCUT2D eigenvalue weighted by Gasteiger charge is 2.62. The molecule has 2 aliphatic carbocycles. The van der Waals surface area contributed by atoms with Gasteiger partial charge in [-0.15, -0.1) is 0 Å². The van der Waals surface area contributed by atoms with Gasteiger partial charge in [-0.2, -0.15) is 0 Å². The number of rotatable bonds is 9. The highest BCUT2D eigenvalue weighted by molar-refractivity contribution is 5.91. The number of esters is 4. The number of carbonyl (C=O) groups excluding carboxylic acids is 4. The van der Waals surface area contributed by atoms with Gasteiger partial charge in [-0.25, -0.2) is 9.59 Å². The van der Waals surface area contributed by atoms with Crippen molar-refractivity contribution in [1.82, 2.24) is 0 Å². The van der Waals surface area contributed by atoms with Crippen LogP contribution in [-0.2, 0) is 47.6 Å². The Balaban J connectivity index is 0.894. The maximum absolute atomic E-state index is 12.5. The SMILES string of the molecule is C=C1C(=O)O[C@H]2[C@H]1CC/C(COC(=O)CCCCC(=O)OC/C1=C/CC[C@@]3(C)O[C@H]3[C@H]3OC(=O)C(=C)[C@@H]3CC1)=C\CC[C@@]1(C)O[C@@H]21. The number of allylic oxidation sites excluding steroid dienone is 2. The Morgan fingerprint density at radius 2 is 1.17 bits per heavy atom. The molecule has 0 spiro atoms. The quantitative estimate of drug-likeness (QED) is 0.0835. The summed E-state index contributed by atoms with van der Waals surface area (Å²) in [7, 11) is 0. The predicted octanol–water partition coefficient (Wildman–Crippen LogP) is 5.14. The van der Waals surface area contributed by atoms with Crippen molar-refractivity contribution in [2.24, 2.45) is 11.8 Å². The lowest BCUT2D eigenvalue weighted by molar-refractivity contribution is -0.145. The normalized spacial score (nSPS) is 39.1. The number of hydrogen-bond donors (Lipinski definition) is 0. The van der Waals surface area contributed by atoms with Crippen LogP contribution in [0.3, 0.4) is 0 Å². The molecule has 0 N–H and O–H groups in total. The van der Waals surface area contributed by atoms with Crippen molar-refractivity contribution >= 4 is 23.9 Å². The van der Waals surface area contributed by atoms with Crippen molar-refractivity contribution in [3.05, 3.63) is 47.6 Å². The number of fused-ring (bicyclic) bond motifs is 6. The van der Waals surface area contributed by atoms with Crippen LogP contribution in [0.4, 0.5) is 0 Å². The minimum Gasteiger partial charge on any atom is -0.461 e. The van der Waals surface area contributed by atoms with Gasteiger partial charge in [0.05, 0.1) is 11.2 Å². The minimum atomic E-state index is -0.347. The Kier molecular flexibility index (Phi) is 9.31. The van der Waals surface area contributed by atoms with E-state index in [1.807, 2.05) is 13.8 Å². The van der Waals surface area contributed by atoms with E-state index in [1.54, 1.807) is 0 Å². The molecule has 4 fully saturated rings. The van der Waals surface area contributed by atoms with Crippen molar-refractivity contribution in [3.63, 3.8) is 0 Å². The van der Waals surface area contributed by atoms with Gasteiger partial charge < -0.3 is 28.4 Å². The monoisotopic (exact) mass is 638 g/mol. The van der Waals surface area contributed by atoms with Crippen molar-refractivity contribution in [3.8, 4) is 0 Å². The highest BCUT2D eigenvalue weighted by Crippen LogP contribution is 2.51. The Labute approximate surface area is 270 Å². The van der Waals surface area contributed by atoms with E-state index in [0.717, 1.165) is 36.8 Å². The standard InChI is InChI=1S/C36H46O10/c1-21-25-15-13-23(9-7-17-35(3)31(45-35)29(25)43-33(21)39)19-41-27(37)11-5-6-12-28(38)42-20-24-10-8-18-36(4)32(46-36)30-26(16-14-24)22(2)34(40)44-30/h9-10,25-26,29-32H,1-2,5-8,11-20H2,3-4H3/b23-9+,24-10+/t25-,26-,29-,30-,31-,32-,35+,36+/m0/s1. The van der Waals surface area contributed by atoms with Crippen LogP contribution in [0.1, 0.15) is 90.9 Å². The van der Waals surface area contributed by atoms with E-state index in [0.29, 0.717) is 49.7 Å². The summed E-state index contributed by atoms with van der Waals surface area (Å²) in [5.41, 5.74) is 2.40. The molecule has 6 aliphatic rings. The molecular weight excluding hydrogens is 592 g/mol. The third-order valence-corrected chi connectivity index (χ3v) is 10.7. The van der Waals surface area contributed by atoms with E-state index in [4.69, 9.17) is 28.4 Å². The molecule has 4 saturated heterocycles. The van der Waals surface area contributed by atoms with Crippen LogP contribution in [0.2, 0.25) is 0 Å². The average molecular weight is 639 g/mol. The van der Waals surface area contributed by atoms with Crippen LogP contribution < -0.4 is 0 Å². The Bertz CT molecular complexity index is 1260. The van der Waals surface area contributed by atoms with Gasteiger partial charge in [-0.05, 0) is 89.2 Å². The van der Waals surface area contributed by atoms with Crippen LogP contribution in [0, 0.1) is 11.8 Å². The maximum atomic E-state index is 12.5. The molecule has 250 valence electrons. The van der Waals surface area contributed by atoms with Crippen molar-refractivity contribution in [2.45, 2.75) is 127 Å². The van der Waals surface area contributed by atoms with Crippen molar-refractivity contribution < 1.29 is 47.6 Å². The third-order valence-electron chi connectivity index (χ3n) is 10.7. The second kappa shape index (κ2) is 13.1. The summed E-state index contributed by atoms with van der Waals surface area (Å²) < 4.78 is 34.3. The van der Waals surface area contributed by atoms with E-state index >= 15 is 0 Å². The summed E-state index contributed by atoms with van der Waals surface area (Å²) in [5.74, 6) is -1.50. The molecule has 46 heavy (non-hydrogen) atoms. The lowest BCUT2D eigenvalue weighted by Gasteiger charge is -2.20. The molecule has 0 unspecified atom stereocenters. The predicted molar refractivity (Wildman–Crippen MR) is 165 cm³/mol. The van der Waals surface area contributed by atoms with Gasteiger partial charge in [0.15, 0.2) is 0 Å². The first-order valence-corrected chi connectivity index (χ1v) is 16.8. The smallest absolute Gasteiger partial charge is 0.334 e. The van der Waals surface area contributed by atoms with Crippen LogP contribution in [-0.4, -0.2) is 72.7 Å². The molecule has 0 saturated carbocycles. The largest absolute Gasteiger partial charge is 0.461 e. The Hall–Kier alpha value is -3.24. The lowest BCUT2D eigenvalue weighted by Crippen LogP contribution is -2.29. The molecule has 0 aromatic heterocycles. The molecule has 0 amide bonds. The van der Waals surface area contributed by atoms with Crippen molar-refractivity contribution in [2.75, 3.05) is 13.2 Å². The lowest BCUT2D eigenvalue weighted by atomic mass is 9.84. The number of unbranched alkanes of at least 4 members (excludes halogenated alkanes) is 1. The molecule has 0 radical (unpaired) electrons. The van der Waals surface area contributed by atoms with Gasteiger partial charge in [0.25, 0.3) is 0 Å². The first-order chi connectivity index (χ1) is 22.0. The van der Waals surface area contributed by atoms with Crippen LogP contribution in [0.5, 0.6) is 0 Å². The summed E-state index contributed by atoms with van der Waals surface area (Å²) in [6.07, 6.45) is 10.9. The van der Waals surface area contributed by atoms with Gasteiger partial charge in [-0.3, -0.25) is 9.59 Å². The van der Waals surface area contributed by atoms with Gasteiger partial charge in [0.2, 0.25) is 0 Å². The van der Waals surface area contributed by atoms with E-state index in [2.05, 4.69) is 25.3 Å². The minimum absolute atomic E-state index is 0.0905. The molecule has 0 bridgehead atoms. The molecular formula is C36H46O10. The zero-order valence-corrected chi connectivity index (χ0v) is 27.0. The van der Waals surface area contributed by atoms with Gasteiger partial charge >= 0.3 is 23.9 Å². The summed E-state index contributed by atoms with van der Waals surface area (Å²) in [6.45, 7) is 12.4. The fourth-order valence-electron chi connectivity index (χ4n) is 7.53. The summed E-state index contributed by atoms with van der Waals surface area (Å²) in [6, 6.07) is 0. The topological polar surface area (TPSA) is 130 Å². The highest BCUT2D eigenvalue weighted by atomic mass is 16.7. The summed E-state index contributed by atoms with van der Waals surface area (Å²) >= 11 is 0. The average Bonchev–Trinajstić information content (AvgIpc) is 3.83. The van der Waals surface area contributed by atoms with Crippen molar-refractivity contribution in [1.29, 1.82) is 0 Å². The van der Waals surface area contributed by atoms with E-state index in [1.165, 1.54) is 0 Å². The first-order valence-electron chi connectivity index (χ1n) is 16.8. The fraction of sp³-hybridized carbons (Fsp3) is 0.667. The fourth-order valence-corrected chi connectivity index (χ4v) is 7.53. The molecule has 10 heteroatoms. The van der Waals surface area contributed by atoms with Crippen LogP contribution >= 0.6 is 0 Å². The number of hydrogen-bond acceptors (Lipinski definition) is 10. The molecule has 0 aromatic carbocycles. The van der Waals surface area contributed by atoms with Gasteiger partial charge in [0.1, 0.15) is 37.6 Å². The molecule has 0 aromatic rings. The maximum Gasteiger partial charge on any atom is 0.334 e. The summed E-state index contributed by atoms with van der Waals surface area (Å²) in [5, 5.41) is 0. The van der Waals surface area contributed by atoms with Gasteiger partial charge in [0, 0.05) is 35.8 Å². The van der Waals surface area contributed by atoms with Crippen LogP contribution in [0.25, 0.3) is 0 Å². The molecule has 8 atom stereocenters. The Morgan fingerprint density at radius 3 is 1.59 bits per heavy atom. The van der Waals surface area contributed by atoms with E-state index in [9.17, 15) is 19.2 Å². The second-order valence-electron chi connectivity index (χ2n) is 14.1. The first kappa shape index (κ1) is 32.7. The zero-order chi connectivity index (χ0) is 32.6. The summed E-state index contributed by atoms with van der Waals surface area (Å²) in [4.78, 5) is 49.4. The zero-order valence-electron chi connectivity index (χ0n) is 27.0. The second-order valence-corrected chi connectivity index (χ2v) is 14.1. The molecule has 4 aliphatic heterocycles. The van der Waals surface area contributed by atoms with E-state index < -0.39 is 0 Å². The molecule has 6 rings (SSSR count). The number of ether oxygens (including phenoxy) is 6. The number of carbonyl (C=O) groups is 4. The van der Waals surface area contributed by atoms with Crippen LogP contribution in [0.15, 0.2) is 47.6 Å². The van der Waals surface area contributed by atoms with Gasteiger partial charge in [-0.1, -0.05) is 25.3 Å². The molecule has 10 nitrogen and oxygen atoms in total. The number of epoxide rings is 2. The molecule has 4 heterocycles. The third kappa shape index (κ3) is 7.03. The Morgan fingerprint density at radius 1 is 0.761 bits per heavy atom.